The van der Waals surface area contributed by atoms with Gasteiger partial charge in [0, 0.05) is 42.9 Å². The predicted octanol–water partition coefficient (Wildman–Crippen LogP) is -1.29. The number of nitrogens with zero attached hydrogens (tertiary/aromatic N) is 2. The first-order chi connectivity index (χ1) is 33.0. The maximum atomic E-state index is 14.6. The zero-order valence-corrected chi connectivity index (χ0v) is 41.4. The zero-order valence-electron chi connectivity index (χ0n) is 39.7. The summed E-state index contributed by atoms with van der Waals surface area (Å²) < 4.78 is -0.877. The van der Waals surface area contributed by atoms with Crippen molar-refractivity contribution in [3.05, 3.63) is 65.7 Å². The summed E-state index contributed by atoms with van der Waals surface area (Å²) in [6, 6.07) is 5.80. The van der Waals surface area contributed by atoms with Gasteiger partial charge in [0.05, 0.1) is 6.42 Å². The molecule has 0 saturated carbocycles. The second-order valence-electron chi connectivity index (χ2n) is 18.2. The van der Waals surface area contributed by atoms with E-state index in [-0.39, 0.29) is 62.7 Å². The maximum Gasteiger partial charge on any atom is 0.246 e. The van der Waals surface area contributed by atoms with Crippen LogP contribution in [-0.4, -0.2) is 135 Å². The van der Waals surface area contributed by atoms with Crippen LogP contribution in [0, 0.1) is 5.92 Å². The van der Waals surface area contributed by atoms with E-state index in [0.29, 0.717) is 24.0 Å². The number of benzene rings is 2. The van der Waals surface area contributed by atoms with Crippen LogP contribution >= 0.6 is 21.6 Å². The van der Waals surface area contributed by atoms with Crippen molar-refractivity contribution in [1.29, 1.82) is 0 Å². The van der Waals surface area contributed by atoms with E-state index < -0.39 is 113 Å². The smallest absolute Gasteiger partial charge is 0.246 e. The molecule has 15 N–H and O–H groups in total. The lowest BCUT2D eigenvalue weighted by Crippen LogP contribution is -2.61. The lowest BCUT2D eigenvalue weighted by molar-refractivity contribution is -0.142. The highest BCUT2D eigenvalue weighted by Crippen LogP contribution is 2.39. The molecule has 0 aliphatic carbocycles. The molecule has 24 heteroatoms. The van der Waals surface area contributed by atoms with Gasteiger partial charge < -0.3 is 64.8 Å². The molecule has 0 aromatic heterocycles. The fraction of sp³-hybridized carbons (Fsp3) is 0.522. The molecule has 382 valence electrons. The predicted molar refractivity (Wildman–Crippen MR) is 265 cm³/mol. The number of phenols is 1. The largest absolute Gasteiger partial charge is 0.508 e. The third-order valence-corrected chi connectivity index (χ3v) is 14.7. The molecule has 9 amide bonds. The van der Waals surface area contributed by atoms with Gasteiger partial charge in [-0.05, 0) is 68.7 Å². The fourth-order valence-corrected chi connectivity index (χ4v) is 10.5. The number of guanidine groups is 1. The van der Waals surface area contributed by atoms with E-state index in [2.05, 4.69) is 36.9 Å². The van der Waals surface area contributed by atoms with Crippen LogP contribution in [0.5, 0.6) is 5.75 Å². The molecule has 2 aromatic carbocycles. The first-order valence-corrected chi connectivity index (χ1v) is 25.2. The minimum atomic E-state index is -1.64. The van der Waals surface area contributed by atoms with Crippen LogP contribution in [0.3, 0.4) is 0 Å². The van der Waals surface area contributed by atoms with Crippen LogP contribution in [-0.2, 0) is 56.0 Å². The van der Waals surface area contributed by atoms with Gasteiger partial charge in [0.25, 0.3) is 0 Å². The summed E-state index contributed by atoms with van der Waals surface area (Å²) in [5.74, 6) is -7.92. The Morgan fingerprint density at radius 2 is 1.41 bits per heavy atom. The normalized spacial score (nSPS) is 23.3. The number of likely N-dealkylation sites (tertiary alicyclic amines) is 1. The molecular formula is C46H66N12O10S2. The van der Waals surface area contributed by atoms with Crippen LogP contribution < -0.4 is 54.8 Å². The molecule has 0 unspecified atom stereocenters. The monoisotopic (exact) mass is 1010 g/mol. The van der Waals surface area contributed by atoms with Crippen molar-refractivity contribution in [3.63, 3.8) is 0 Å². The fourth-order valence-electron chi connectivity index (χ4n) is 7.80. The summed E-state index contributed by atoms with van der Waals surface area (Å²) >= 11 is 0. The van der Waals surface area contributed by atoms with Gasteiger partial charge in [-0.3, -0.25) is 48.1 Å². The standard InChI is InChI=1S/C46H66N12O10S2/c1-25(2)37-43(67)55-32(22-35(47)60)40(64)56-33(44(68)58-19-9-13-34(58)42(66)53-29(38(48)62)12-8-18-51-45(49)50)24-69-70-46(3,4)23-36(61)52-30(21-27-14-16-28(59)17-15-27)39(63)54-31(41(65)57-37)20-26-10-6-5-7-11-26/h5-7,10-11,14-17,25,29-34,37,59H,8-9,12-13,18-24H2,1-4H3,(H2,47,60)(H2,48,62)(H,52,61)(H,53,66)(H,54,63)(H,55,67)(H,56,64)(H,57,65)(H4,49,50,51)/t29-,30+,31-,32-,33-,34+,37-/m0/s1. The average molecular weight is 1010 g/mol. The lowest BCUT2D eigenvalue weighted by atomic mass is 9.99. The first kappa shape index (κ1) is 56.0. The average Bonchev–Trinajstić information content (AvgIpc) is 3.78. The molecule has 2 aromatic rings. The van der Waals surface area contributed by atoms with E-state index in [9.17, 15) is 48.3 Å². The van der Waals surface area contributed by atoms with Gasteiger partial charge in [-0.25, -0.2) is 0 Å². The number of nitrogens with two attached hydrogens (primary N) is 4. The Kier molecular flexibility index (Phi) is 21.2. The molecule has 2 aliphatic heterocycles. The van der Waals surface area contributed by atoms with Gasteiger partial charge in [-0.15, -0.1) is 0 Å². The highest BCUT2D eigenvalue weighted by atomic mass is 33.1. The molecule has 2 heterocycles. The van der Waals surface area contributed by atoms with E-state index in [4.69, 9.17) is 22.9 Å². The second kappa shape index (κ2) is 26.4. The topological polar surface area (TPSA) is 366 Å². The summed E-state index contributed by atoms with van der Waals surface area (Å²) in [5.41, 5.74) is 23.2. The van der Waals surface area contributed by atoms with Gasteiger partial charge in [0.2, 0.25) is 53.2 Å². The number of rotatable bonds is 15. The molecule has 2 fully saturated rings. The van der Waals surface area contributed by atoms with Crippen molar-refractivity contribution >= 4 is 80.7 Å². The quantitative estimate of drug-likeness (QED) is 0.0428. The van der Waals surface area contributed by atoms with E-state index >= 15 is 0 Å². The number of hydrogen-bond donors (Lipinski definition) is 11. The van der Waals surface area contributed by atoms with Crippen molar-refractivity contribution in [3.8, 4) is 5.75 Å². The Hall–Kier alpha value is -6.56. The Morgan fingerprint density at radius 1 is 0.814 bits per heavy atom. The molecule has 22 nitrogen and oxygen atoms in total. The van der Waals surface area contributed by atoms with Gasteiger partial charge in [0.1, 0.15) is 48.0 Å². The van der Waals surface area contributed by atoms with Crippen molar-refractivity contribution in [2.75, 3.05) is 18.8 Å². The Balaban J connectivity index is 1.71. The van der Waals surface area contributed by atoms with Gasteiger partial charge >= 0.3 is 0 Å². The number of amides is 9. The number of nitrogens with one attached hydrogen (secondary N) is 6. The van der Waals surface area contributed by atoms with E-state index in [1.54, 1.807) is 70.2 Å². The van der Waals surface area contributed by atoms with Gasteiger partial charge in [-0.2, -0.15) is 0 Å². The highest BCUT2D eigenvalue weighted by Gasteiger charge is 2.41. The molecule has 2 aliphatic rings. The third kappa shape index (κ3) is 17.8. The van der Waals surface area contributed by atoms with E-state index in [1.165, 1.54) is 27.8 Å². The second-order valence-corrected chi connectivity index (χ2v) is 21.2. The summed E-state index contributed by atoms with van der Waals surface area (Å²) in [7, 11) is 2.33. The SMILES string of the molecule is CC(C)[C@@H]1NC(=O)[C@H](Cc2ccccc2)NC(=O)[C@@H](Cc2ccc(O)cc2)NC(=O)CC(C)(C)SSC[C@@H](C(=O)N2CCC[C@@H]2C(=O)N[C@@H](CCCN=C(N)N)C(N)=O)NC(=O)[C@H](CC(N)=O)NC1=O. The summed E-state index contributed by atoms with van der Waals surface area (Å²) in [6.07, 6.45) is 0.101. The molecule has 70 heavy (non-hydrogen) atoms. The summed E-state index contributed by atoms with van der Waals surface area (Å²) in [5, 5.41) is 26.0. The van der Waals surface area contributed by atoms with Crippen LogP contribution in [0.4, 0.5) is 0 Å². The number of hydrogen-bond acceptors (Lipinski definition) is 13. The minimum Gasteiger partial charge on any atom is -0.508 e. The van der Waals surface area contributed by atoms with Crippen molar-refractivity contribution in [2.24, 2.45) is 33.8 Å². The Bertz CT molecular complexity index is 2230. The number of phenolic OH excluding ortho intramolecular Hbond substituents is 1. The number of aromatic hydroxyl groups is 1. The van der Waals surface area contributed by atoms with Gasteiger partial charge in [-0.1, -0.05) is 77.9 Å². The number of carbonyl (C=O) groups excluding carboxylic acids is 9. The van der Waals surface area contributed by atoms with Crippen LogP contribution in [0.1, 0.15) is 77.3 Å². The van der Waals surface area contributed by atoms with Gasteiger partial charge in [0.15, 0.2) is 5.96 Å². The molecule has 0 radical (unpaired) electrons. The minimum absolute atomic E-state index is 0.00919. The number of carbonyl (C=O) groups is 9. The van der Waals surface area contributed by atoms with E-state index in [1.807, 2.05) is 0 Å². The summed E-state index contributed by atoms with van der Waals surface area (Å²) in [4.78, 5) is 129. The molecule has 7 atom stereocenters. The first-order valence-electron chi connectivity index (χ1n) is 22.9. The molecule has 4 rings (SSSR count). The zero-order chi connectivity index (χ0) is 51.7. The number of aliphatic imine (C=N–C) groups is 1. The Morgan fingerprint density at radius 3 is 2.03 bits per heavy atom. The van der Waals surface area contributed by atoms with E-state index in [0.717, 1.165) is 10.8 Å². The van der Waals surface area contributed by atoms with Crippen molar-refractivity contribution in [2.45, 2.75) is 126 Å². The maximum absolute atomic E-state index is 14.6. The lowest BCUT2D eigenvalue weighted by Gasteiger charge is -2.31. The highest BCUT2D eigenvalue weighted by molar-refractivity contribution is 8.77. The van der Waals surface area contributed by atoms with Crippen molar-refractivity contribution < 1.29 is 48.3 Å². The Labute approximate surface area is 414 Å². The molecule has 0 spiro atoms. The van der Waals surface area contributed by atoms with Crippen LogP contribution in [0.2, 0.25) is 0 Å². The third-order valence-electron chi connectivity index (χ3n) is 11.4. The summed E-state index contributed by atoms with van der Waals surface area (Å²) in [6.45, 7) is 7.06. The van der Waals surface area contributed by atoms with Crippen molar-refractivity contribution in [1.82, 2.24) is 36.8 Å². The molecular weight excluding hydrogens is 945 g/mol. The molecule has 2 saturated heterocycles. The van der Waals surface area contributed by atoms with Crippen LogP contribution in [0.15, 0.2) is 59.6 Å². The molecule has 0 bridgehead atoms. The number of primary amides is 2. The van der Waals surface area contributed by atoms with Crippen LogP contribution in [0.25, 0.3) is 0 Å².